The predicted octanol–water partition coefficient (Wildman–Crippen LogP) is 2.92. The van der Waals surface area contributed by atoms with Crippen LogP contribution in [0.5, 0.6) is 0 Å². The third kappa shape index (κ3) is 3.63. The summed E-state index contributed by atoms with van der Waals surface area (Å²) in [7, 11) is 0. The normalized spacial score (nSPS) is 10.2. The van der Waals surface area contributed by atoms with Gasteiger partial charge in [0.1, 0.15) is 0 Å². The Bertz CT molecular complexity index is 295. The number of benzene rings is 1. The quantitative estimate of drug-likeness (QED) is 0.418. The monoisotopic (exact) mass is 173 g/mol. The molecule has 0 aliphatic carbocycles. The van der Waals surface area contributed by atoms with Crippen molar-refractivity contribution in [1.82, 2.24) is 0 Å². The van der Waals surface area contributed by atoms with E-state index in [0.29, 0.717) is 0 Å². The molecule has 0 N–H and O–H groups in total. The molecule has 0 spiro atoms. The van der Waals surface area contributed by atoms with E-state index < -0.39 is 13.1 Å². The Morgan fingerprint density at radius 1 is 1.00 bits per heavy atom. The molecule has 0 atom stereocenters. The van der Waals surface area contributed by atoms with E-state index in [-0.39, 0.29) is 0 Å². The summed E-state index contributed by atoms with van der Waals surface area (Å²) in [5.41, 5.74) is 1.13. The summed E-state index contributed by atoms with van der Waals surface area (Å²) in [5.74, 6) is 10.1. The van der Waals surface area contributed by atoms with Gasteiger partial charge in [-0.2, -0.15) is 17.4 Å². The van der Waals surface area contributed by atoms with Gasteiger partial charge in [0.25, 0.3) is 0 Å². The van der Waals surface area contributed by atoms with Gasteiger partial charge in [-0.3, -0.25) is 0 Å². The van der Waals surface area contributed by atoms with Gasteiger partial charge >= 0.3 is 0 Å². The molecule has 1 rings (SSSR count). The Morgan fingerprint density at radius 2 is 1.58 bits per heavy atom. The van der Waals surface area contributed by atoms with Crippen LogP contribution in [-0.4, -0.2) is 13.1 Å². The first-order chi connectivity index (χ1) is 5.58. The van der Waals surface area contributed by atoms with E-state index in [4.69, 9.17) is 0 Å². The highest BCUT2D eigenvalue weighted by Crippen LogP contribution is 1.99. The van der Waals surface area contributed by atoms with Crippen LogP contribution in [-0.2, 0) is 0 Å². The Hall–Kier alpha value is -0.688. The van der Waals surface area contributed by atoms with Crippen molar-refractivity contribution in [3.05, 3.63) is 35.9 Å². The topological polar surface area (TPSA) is 0 Å². The van der Waals surface area contributed by atoms with E-state index in [0.717, 1.165) is 5.56 Å². The molecule has 0 aliphatic rings. The summed E-state index contributed by atoms with van der Waals surface area (Å²) < 4.78 is 0. The molecule has 0 amide bonds. The molecule has 1 aromatic carbocycles. The van der Waals surface area contributed by atoms with Gasteiger partial charge < -0.3 is 4.78 Å². The second-order valence-electron chi connectivity index (χ2n) is 4.23. The van der Waals surface area contributed by atoms with E-state index in [2.05, 4.69) is 40.2 Å². The van der Waals surface area contributed by atoms with Gasteiger partial charge in [-0.25, -0.2) is 0 Å². The second kappa shape index (κ2) is 3.81. The highest BCUT2D eigenvalue weighted by atomic mass is 27.2. The fourth-order valence-electron chi connectivity index (χ4n) is 0.821. The molecule has 0 saturated carbocycles. The average Bonchev–Trinajstić information content (AvgIpc) is 2.02. The van der Waals surface area contributed by atoms with Gasteiger partial charge in [0.2, 0.25) is 13.1 Å². The first kappa shape index (κ1) is 9.40. The minimum atomic E-state index is -1.46. The van der Waals surface area contributed by atoms with Gasteiger partial charge in [-0.05, 0) is 12.1 Å². The van der Waals surface area contributed by atoms with Crippen molar-refractivity contribution < 1.29 is 0 Å². The molecule has 1 aromatic rings. The lowest BCUT2D eigenvalue weighted by Crippen LogP contribution is -2.16. The Labute approximate surface area is 77.3 Å². The van der Waals surface area contributed by atoms with Crippen LogP contribution in [0.1, 0.15) is 5.56 Å². The Morgan fingerprint density at radius 3 is 2.08 bits per heavy atom. The van der Waals surface area contributed by atoms with Crippen LogP contribution in [0.15, 0.2) is 30.3 Å². The van der Waals surface area contributed by atoms with Crippen molar-refractivity contribution in [3.8, 4) is 10.7 Å². The van der Waals surface area contributed by atoms with Crippen molar-refractivity contribution in [2.24, 2.45) is 0 Å². The molecule has 0 radical (unpaired) electrons. The lowest BCUT2D eigenvalue weighted by molar-refractivity contribution is 1.65. The molecule has 62 valence electrons. The predicted molar refractivity (Wildman–Crippen MR) is 56.7 cm³/mol. The summed E-state index contributed by atoms with van der Waals surface area (Å²) >= 11 is -1.46. The zero-order chi connectivity index (χ0) is 9.03. The lowest BCUT2D eigenvalue weighted by Gasteiger charge is -2.07. The summed E-state index contributed by atoms with van der Waals surface area (Å²) in [6, 6.07) is 10.2. The SMILES string of the molecule is [CH3][Al-]([CH3])([CH3])[C]#Cc1ccccc1. The zero-order valence-electron chi connectivity index (χ0n) is 7.96. The number of hydrogen-bond acceptors (Lipinski definition) is 0. The van der Waals surface area contributed by atoms with Gasteiger partial charge in [0.05, 0.1) is 0 Å². The molecule has 0 aliphatic heterocycles. The minimum Gasteiger partial charge on any atom is -0.348 e. The van der Waals surface area contributed by atoms with Crippen LogP contribution in [0.4, 0.5) is 0 Å². The second-order valence-corrected chi connectivity index (χ2v) is 9.72. The summed E-state index contributed by atoms with van der Waals surface area (Å²) in [4.78, 5) is 3.35. The first-order valence-corrected chi connectivity index (χ1v) is 8.47. The van der Waals surface area contributed by atoms with E-state index in [1.807, 2.05) is 18.2 Å². The fraction of sp³-hybridized carbons (Fsp3) is 0.273. The largest absolute Gasteiger partial charge is 0.348 e. The average molecular weight is 173 g/mol. The molecule has 0 nitrogen and oxygen atoms in total. The maximum absolute atomic E-state index is 3.35. The molecule has 0 heterocycles. The van der Waals surface area contributed by atoms with Crippen LogP contribution < -0.4 is 0 Å². The maximum Gasteiger partial charge on any atom is 0.215 e. The molecule has 0 fully saturated rings. The highest BCUT2D eigenvalue weighted by molar-refractivity contribution is 6.83. The standard InChI is InChI=1S/C8H5.3CH3.Al/c1-2-8-6-4-3-5-7-8;;;;/h3-7H;3*1H3;/q;;;;-1. The smallest absolute Gasteiger partial charge is 0.215 e. The zero-order valence-corrected chi connectivity index (χ0v) is 9.12. The minimum absolute atomic E-state index is 1.13. The molecule has 12 heavy (non-hydrogen) atoms. The lowest BCUT2D eigenvalue weighted by atomic mass is 10.2. The molecule has 1 heteroatoms. The van der Waals surface area contributed by atoms with Crippen molar-refractivity contribution in [1.29, 1.82) is 0 Å². The molecule has 0 bridgehead atoms. The van der Waals surface area contributed by atoms with Gasteiger partial charge in [-0.15, -0.1) is 5.92 Å². The number of hydrogen-bond donors (Lipinski definition) is 0. The van der Waals surface area contributed by atoms with Crippen LogP contribution in [0.3, 0.4) is 0 Å². The van der Waals surface area contributed by atoms with E-state index >= 15 is 0 Å². The third-order valence-corrected chi connectivity index (χ3v) is 2.43. The van der Waals surface area contributed by atoms with Crippen molar-refractivity contribution >= 4 is 13.1 Å². The highest BCUT2D eigenvalue weighted by Gasteiger charge is 2.04. The van der Waals surface area contributed by atoms with Gasteiger partial charge in [0, 0.05) is 5.56 Å². The Kier molecular flexibility index (Phi) is 2.99. The van der Waals surface area contributed by atoms with E-state index in [1.54, 1.807) is 0 Å². The third-order valence-electron chi connectivity index (χ3n) is 1.42. The van der Waals surface area contributed by atoms with E-state index in [9.17, 15) is 0 Å². The summed E-state index contributed by atoms with van der Waals surface area (Å²) in [6.07, 6.45) is 0. The molecule has 0 saturated heterocycles. The van der Waals surface area contributed by atoms with Crippen molar-refractivity contribution in [2.45, 2.75) is 17.4 Å². The molecule has 0 unspecified atom stereocenters. The fourth-order valence-corrected chi connectivity index (χ4v) is 1.42. The van der Waals surface area contributed by atoms with Crippen LogP contribution >= 0.6 is 0 Å². The molecule has 0 aromatic heterocycles. The molecular formula is C11H14Al-. The first-order valence-electron chi connectivity index (χ1n) is 4.43. The Balaban J connectivity index is 2.81. The van der Waals surface area contributed by atoms with Crippen molar-refractivity contribution in [2.75, 3.05) is 0 Å². The van der Waals surface area contributed by atoms with Crippen LogP contribution in [0.2, 0.25) is 17.4 Å². The molecular weight excluding hydrogens is 159 g/mol. The van der Waals surface area contributed by atoms with Crippen molar-refractivity contribution in [3.63, 3.8) is 0 Å². The van der Waals surface area contributed by atoms with E-state index in [1.165, 1.54) is 0 Å². The summed E-state index contributed by atoms with van der Waals surface area (Å²) in [6.45, 7) is 0. The van der Waals surface area contributed by atoms with Gasteiger partial charge in [0.15, 0.2) is 0 Å². The maximum atomic E-state index is 3.35. The van der Waals surface area contributed by atoms with Gasteiger partial charge in [-0.1, -0.05) is 18.2 Å². The van der Waals surface area contributed by atoms with Crippen LogP contribution in [0.25, 0.3) is 0 Å². The van der Waals surface area contributed by atoms with Crippen LogP contribution in [0, 0.1) is 10.7 Å². The summed E-state index contributed by atoms with van der Waals surface area (Å²) in [5, 5.41) is 0. The number of rotatable bonds is 0.